The van der Waals surface area contributed by atoms with E-state index in [0.717, 1.165) is 0 Å². The van der Waals surface area contributed by atoms with Gasteiger partial charge in [0.05, 0.1) is 0 Å². The van der Waals surface area contributed by atoms with Crippen LogP contribution in [0.3, 0.4) is 0 Å². The van der Waals surface area contributed by atoms with Crippen molar-refractivity contribution in [2.45, 2.75) is 0 Å². The molecule has 0 unspecified atom stereocenters. The molecule has 0 aromatic rings. The molecule has 0 rings (SSSR count). The van der Waals surface area contributed by atoms with Crippen LogP contribution in [0.2, 0.25) is 0 Å². The minimum atomic E-state index is -5.16. The fourth-order valence-electron chi connectivity index (χ4n) is 0. The Labute approximate surface area is 45.7 Å². The maximum atomic E-state index is 9.88. The van der Waals surface area contributed by atoms with Gasteiger partial charge in [-0.2, -0.15) is 0 Å². The summed E-state index contributed by atoms with van der Waals surface area (Å²) in [5.74, 6) is 0. The second kappa shape index (κ2) is 5.13. The van der Waals surface area contributed by atoms with E-state index in [0.29, 0.717) is 0 Å². The van der Waals surface area contributed by atoms with Crippen molar-refractivity contribution in [2.24, 2.45) is 0 Å². The fraction of sp³-hybridized carbons (Fsp3) is 0. The van der Waals surface area contributed by atoms with E-state index in [1.54, 1.807) is 0 Å². The number of hydrogen-bond donors (Lipinski definition) is 0. The van der Waals surface area contributed by atoms with Crippen molar-refractivity contribution in [1.82, 2.24) is 0 Å². The molecule has 0 aliphatic carbocycles. The summed E-state index contributed by atoms with van der Waals surface area (Å²) in [4.78, 5) is 0. The molecule has 0 bridgehead atoms. The Bertz CT molecular complexity index is 11.6. The average Bonchev–Trinajstić information content (AvgIpc) is 0.811. The molecule has 0 fully saturated rings. The number of rotatable bonds is 0. The standard InChI is InChI=1S/Ce.3FH.H2O/h;3*1H;1H2/q+3;;;;/p-3. The van der Waals surface area contributed by atoms with Gasteiger partial charge in [0.1, 0.15) is 0 Å². The molecule has 5 heteroatoms. The number of hydrogen-bond acceptors (Lipinski definition) is 0. The molecule has 0 amide bonds. The third-order valence-corrected chi connectivity index (χ3v) is 0. The van der Waals surface area contributed by atoms with E-state index >= 15 is 0 Å². The van der Waals surface area contributed by atoms with Gasteiger partial charge in [0, 0.05) is 0 Å². The summed E-state index contributed by atoms with van der Waals surface area (Å²) in [6.07, 6.45) is 0. The average molecular weight is 215 g/mol. The van der Waals surface area contributed by atoms with Gasteiger partial charge in [0.25, 0.3) is 0 Å². The zero-order valence-corrected chi connectivity index (χ0v) is 5.27. The van der Waals surface area contributed by atoms with Crippen LogP contribution >= 0.6 is 0 Å². The molecule has 2 N–H and O–H groups in total. The Morgan fingerprint density at radius 1 is 1.00 bits per heavy atom. The van der Waals surface area contributed by atoms with Crippen molar-refractivity contribution in [1.29, 1.82) is 0 Å². The monoisotopic (exact) mass is 215 g/mol. The van der Waals surface area contributed by atoms with Crippen LogP contribution in [0.15, 0.2) is 0 Å². The van der Waals surface area contributed by atoms with E-state index in [2.05, 4.69) is 0 Å². The first-order chi connectivity index (χ1) is 1.73. The van der Waals surface area contributed by atoms with Crippen LogP contribution < -0.4 is 0 Å². The molecule has 0 aliphatic rings. The number of halogens is 3. The van der Waals surface area contributed by atoms with Gasteiger partial charge in [-0.1, -0.05) is 0 Å². The molecule has 0 aliphatic heterocycles. The van der Waals surface area contributed by atoms with E-state index in [9.17, 15) is 2.73 Å². The molecule has 0 saturated carbocycles. The zero-order chi connectivity index (χ0) is 3.58. The van der Waals surface area contributed by atoms with Crippen molar-refractivity contribution < 1.29 is 46.2 Å². The predicted octanol–water partition coefficient (Wildman–Crippen LogP) is 0.436. The summed E-state index contributed by atoms with van der Waals surface area (Å²) in [5, 5.41) is 0. The minimum absolute atomic E-state index is 0. The van der Waals surface area contributed by atoms with E-state index < -0.39 is 37.9 Å². The van der Waals surface area contributed by atoms with Gasteiger partial charge < -0.3 is 5.48 Å². The molecule has 0 spiro atoms. The molecule has 33 valence electrons. The summed E-state index contributed by atoms with van der Waals surface area (Å²) in [5.41, 5.74) is 0. The Hall–Kier alpha value is 1.13. The van der Waals surface area contributed by atoms with Crippen molar-refractivity contribution in [3.05, 3.63) is 0 Å². The van der Waals surface area contributed by atoms with Crippen molar-refractivity contribution in [3.63, 3.8) is 0 Å². The van der Waals surface area contributed by atoms with Gasteiger partial charge in [-0.05, 0) is 0 Å². The predicted molar refractivity (Wildman–Crippen MR) is 6.94 cm³/mol. The van der Waals surface area contributed by atoms with E-state index in [4.69, 9.17) is 0 Å². The van der Waals surface area contributed by atoms with Gasteiger partial charge in [-0.25, -0.2) is 0 Å². The van der Waals surface area contributed by atoms with E-state index in [1.807, 2.05) is 0 Å². The molecule has 0 radical (unpaired) electrons. The van der Waals surface area contributed by atoms with Crippen LogP contribution in [-0.4, -0.2) is 5.48 Å². The van der Waals surface area contributed by atoms with Crippen LogP contribution in [0.5, 0.6) is 0 Å². The molecule has 0 heterocycles. The molecule has 0 aromatic heterocycles. The second-order valence-electron chi connectivity index (χ2n) is 0.214. The quantitative estimate of drug-likeness (QED) is 0.561. The van der Waals surface area contributed by atoms with Crippen LogP contribution in [0.1, 0.15) is 0 Å². The molecule has 1 nitrogen and oxygen atoms in total. The van der Waals surface area contributed by atoms with Crippen LogP contribution in [-0.2, 0) is 0 Å². The molecule has 0 saturated heterocycles. The first kappa shape index (κ1) is 9.46. The van der Waals surface area contributed by atoms with Gasteiger partial charge in [-0.15, -0.1) is 0 Å². The van der Waals surface area contributed by atoms with Crippen LogP contribution in [0, 0.1) is 37.9 Å². The molecular weight excluding hydrogens is 213 g/mol. The molecule has 0 atom stereocenters. The molecular formula is H2CeF3O. The Balaban J connectivity index is 0. The summed E-state index contributed by atoms with van der Waals surface area (Å²) >= 11 is -5.16. The topological polar surface area (TPSA) is 31.5 Å². The van der Waals surface area contributed by atoms with Crippen LogP contribution in [0.25, 0.3) is 0 Å². The van der Waals surface area contributed by atoms with Crippen molar-refractivity contribution in [3.8, 4) is 0 Å². The van der Waals surface area contributed by atoms with Crippen molar-refractivity contribution in [2.75, 3.05) is 0 Å². The molecule has 5 heavy (non-hydrogen) atoms. The maximum absolute atomic E-state index is 9.88. The van der Waals surface area contributed by atoms with Crippen molar-refractivity contribution >= 4 is 0 Å². The Morgan fingerprint density at radius 3 is 1.00 bits per heavy atom. The normalized spacial score (nSPS) is 5.40. The first-order valence-electron chi connectivity index (χ1n) is 0.567. The van der Waals surface area contributed by atoms with Gasteiger partial charge in [0.2, 0.25) is 0 Å². The van der Waals surface area contributed by atoms with Crippen LogP contribution in [0.4, 0.5) is 2.73 Å². The van der Waals surface area contributed by atoms with Gasteiger partial charge in [-0.3, -0.25) is 0 Å². The Morgan fingerprint density at radius 2 is 1.00 bits per heavy atom. The summed E-state index contributed by atoms with van der Waals surface area (Å²) in [6, 6.07) is 0. The molecule has 0 aromatic carbocycles. The fourth-order valence-corrected chi connectivity index (χ4v) is 0. The van der Waals surface area contributed by atoms with Gasteiger partial charge >= 0.3 is 40.7 Å². The zero-order valence-electron chi connectivity index (χ0n) is 2.13. The SMILES string of the molecule is O.[F][Ce]([F])[F]. The Kier molecular flexibility index (Phi) is 9.70. The van der Waals surface area contributed by atoms with E-state index in [1.165, 1.54) is 0 Å². The summed E-state index contributed by atoms with van der Waals surface area (Å²) < 4.78 is 29.6. The third kappa shape index (κ3) is 39.5. The summed E-state index contributed by atoms with van der Waals surface area (Å²) in [6.45, 7) is 0. The van der Waals surface area contributed by atoms with Gasteiger partial charge in [0.15, 0.2) is 0 Å². The summed E-state index contributed by atoms with van der Waals surface area (Å²) in [7, 11) is 0. The first-order valence-corrected chi connectivity index (χ1v) is 4.13. The van der Waals surface area contributed by atoms with E-state index in [-0.39, 0.29) is 5.48 Å². The second-order valence-corrected chi connectivity index (χ2v) is 1.56. The third-order valence-electron chi connectivity index (χ3n) is 0.